The molecule has 0 aromatic heterocycles. The number of hydrogen-bond donors (Lipinski definition) is 0. The molecule has 0 aromatic rings. The van der Waals surface area contributed by atoms with E-state index in [1.807, 2.05) is 0 Å². The molecule has 1 nitrogen and oxygen atoms in total. The van der Waals surface area contributed by atoms with Crippen LogP contribution in [0.4, 0.5) is 0 Å². The predicted octanol–water partition coefficient (Wildman–Crippen LogP) is 2.57. The molecule has 0 aromatic carbocycles. The van der Waals surface area contributed by atoms with Crippen molar-refractivity contribution in [1.29, 1.82) is 0 Å². The van der Waals surface area contributed by atoms with Gasteiger partial charge in [-0.2, -0.15) is 0 Å². The van der Waals surface area contributed by atoms with E-state index in [4.69, 9.17) is 0 Å². The Kier molecular flexibility index (Phi) is 1.64. The lowest BCUT2D eigenvalue weighted by Crippen LogP contribution is -2.38. The highest BCUT2D eigenvalue weighted by Gasteiger charge is 2.40. The molecule has 12 heavy (non-hydrogen) atoms. The summed E-state index contributed by atoms with van der Waals surface area (Å²) in [6.45, 7) is 4.55. The van der Waals surface area contributed by atoms with E-state index < -0.39 is 0 Å². The first-order valence-corrected chi connectivity index (χ1v) is 4.79. The third-order valence-electron chi connectivity index (χ3n) is 3.13. The van der Waals surface area contributed by atoms with Crippen LogP contribution in [0.2, 0.25) is 0 Å². The third-order valence-corrected chi connectivity index (χ3v) is 3.13. The lowest BCUT2D eigenvalue weighted by atomic mass is 9.64. The second kappa shape index (κ2) is 2.45. The molecule has 0 N–H and O–H groups in total. The van der Waals surface area contributed by atoms with Gasteiger partial charge in [0.25, 0.3) is 0 Å². The van der Waals surface area contributed by atoms with Gasteiger partial charge in [0.15, 0.2) is 0 Å². The van der Waals surface area contributed by atoms with Gasteiger partial charge in [0, 0.05) is 11.8 Å². The Balaban J connectivity index is 2.26. The second-order valence-corrected chi connectivity index (χ2v) is 4.94. The zero-order valence-electron chi connectivity index (χ0n) is 7.84. The zero-order valence-corrected chi connectivity index (χ0v) is 7.84. The van der Waals surface area contributed by atoms with Crippen LogP contribution in [0, 0.1) is 17.3 Å². The van der Waals surface area contributed by atoms with Crippen molar-refractivity contribution in [2.75, 3.05) is 0 Å². The standard InChI is InChI=1S/C11H16O/c1-11(2)6-8-4-3-5-9(7-11)10(8)12/h3-4,8-9H,5-7H2,1-2H3. The first kappa shape index (κ1) is 8.03. The van der Waals surface area contributed by atoms with Gasteiger partial charge in [0.2, 0.25) is 0 Å². The number of hydrogen-bond acceptors (Lipinski definition) is 1. The van der Waals surface area contributed by atoms with E-state index in [1.54, 1.807) is 0 Å². The lowest BCUT2D eigenvalue weighted by molar-refractivity contribution is -0.130. The summed E-state index contributed by atoms with van der Waals surface area (Å²) in [5, 5.41) is 0. The van der Waals surface area contributed by atoms with E-state index in [9.17, 15) is 4.79 Å². The molecule has 0 saturated heterocycles. The topological polar surface area (TPSA) is 17.1 Å². The maximum Gasteiger partial charge on any atom is 0.143 e. The first-order chi connectivity index (χ1) is 5.58. The maximum absolute atomic E-state index is 11.6. The molecule has 0 heterocycles. The Morgan fingerprint density at radius 1 is 1.42 bits per heavy atom. The Hall–Kier alpha value is -0.590. The Labute approximate surface area is 73.8 Å². The maximum atomic E-state index is 11.6. The second-order valence-electron chi connectivity index (χ2n) is 4.94. The molecule has 1 heteroatoms. The van der Waals surface area contributed by atoms with E-state index in [0.29, 0.717) is 17.1 Å². The van der Waals surface area contributed by atoms with Crippen molar-refractivity contribution in [1.82, 2.24) is 0 Å². The number of carbonyl (C=O) groups is 1. The van der Waals surface area contributed by atoms with Gasteiger partial charge in [-0.05, 0) is 24.7 Å². The molecule has 0 spiro atoms. The number of ketones is 1. The molecule has 1 saturated carbocycles. The van der Waals surface area contributed by atoms with Crippen molar-refractivity contribution in [2.45, 2.75) is 33.1 Å². The minimum atomic E-state index is 0.243. The predicted molar refractivity (Wildman–Crippen MR) is 48.8 cm³/mol. The summed E-state index contributed by atoms with van der Waals surface area (Å²) in [4.78, 5) is 11.6. The average molecular weight is 164 g/mol. The Morgan fingerprint density at radius 2 is 2.17 bits per heavy atom. The summed E-state index contributed by atoms with van der Waals surface area (Å²) in [5.41, 5.74) is 0.383. The summed E-state index contributed by atoms with van der Waals surface area (Å²) in [5.74, 6) is 1.08. The molecular formula is C11H16O. The molecule has 2 unspecified atom stereocenters. The van der Waals surface area contributed by atoms with Gasteiger partial charge < -0.3 is 0 Å². The van der Waals surface area contributed by atoms with Crippen molar-refractivity contribution in [3.05, 3.63) is 12.2 Å². The molecule has 0 radical (unpaired) electrons. The van der Waals surface area contributed by atoms with E-state index in [-0.39, 0.29) is 5.92 Å². The molecule has 2 aliphatic rings. The molecule has 0 aliphatic heterocycles. The van der Waals surface area contributed by atoms with Gasteiger partial charge in [-0.1, -0.05) is 26.0 Å². The largest absolute Gasteiger partial charge is 0.299 e. The summed E-state index contributed by atoms with van der Waals surface area (Å²) < 4.78 is 0. The van der Waals surface area contributed by atoms with Crippen LogP contribution in [-0.2, 0) is 4.79 Å². The average Bonchev–Trinajstić information content (AvgIpc) is 1.92. The fourth-order valence-corrected chi connectivity index (χ4v) is 2.62. The first-order valence-electron chi connectivity index (χ1n) is 4.79. The van der Waals surface area contributed by atoms with E-state index in [1.165, 1.54) is 0 Å². The van der Waals surface area contributed by atoms with Crippen molar-refractivity contribution in [3.63, 3.8) is 0 Å². The summed E-state index contributed by atoms with van der Waals surface area (Å²) in [7, 11) is 0. The molecule has 0 amide bonds. The fourth-order valence-electron chi connectivity index (χ4n) is 2.62. The van der Waals surface area contributed by atoms with Crippen LogP contribution in [0.5, 0.6) is 0 Å². The monoisotopic (exact) mass is 164 g/mol. The molecule has 2 bridgehead atoms. The number of allylic oxidation sites excluding steroid dienone is 2. The van der Waals surface area contributed by atoms with E-state index in [2.05, 4.69) is 26.0 Å². The van der Waals surface area contributed by atoms with Gasteiger partial charge in [-0.25, -0.2) is 0 Å². The highest BCUT2D eigenvalue weighted by molar-refractivity contribution is 5.87. The summed E-state index contributed by atoms with van der Waals surface area (Å²) in [6, 6.07) is 0. The minimum absolute atomic E-state index is 0.243. The van der Waals surface area contributed by atoms with Gasteiger partial charge in [0.05, 0.1) is 0 Å². The van der Waals surface area contributed by atoms with Crippen molar-refractivity contribution >= 4 is 5.78 Å². The smallest absolute Gasteiger partial charge is 0.143 e. The summed E-state index contributed by atoms with van der Waals surface area (Å²) >= 11 is 0. The van der Waals surface area contributed by atoms with Gasteiger partial charge in [-0.3, -0.25) is 4.79 Å². The fraction of sp³-hybridized carbons (Fsp3) is 0.727. The highest BCUT2D eigenvalue weighted by atomic mass is 16.1. The zero-order chi connectivity index (χ0) is 8.77. The van der Waals surface area contributed by atoms with Gasteiger partial charge in [-0.15, -0.1) is 0 Å². The van der Waals surface area contributed by atoms with Crippen molar-refractivity contribution < 1.29 is 4.79 Å². The third kappa shape index (κ3) is 1.21. The SMILES string of the molecule is CC1(C)CC2C=CCC(C1)C2=O. The number of Topliss-reactive ketones (excluding diaryl/α,β-unsaturated/α-hetero) is 1. The summed E-state index contributed by atoms with van der Waals surface area (Å²) in [6.07, 6.45) is 7.43. The minimum Gasteiger partial charge on any atom is -0.299 e. The molecule has 2 aliphatic carbocycles. The van der Waals surface area contributed by atoms with Crippen LogP contribution in [0.3, 0.4) is 0 Å². The van der Waals surface area contributed by atoms with Crippen LogP contribution in [-0.4, -0.2) is 5.78 Å². The van der Waals surface area contributed by atoms with Crippen molar-refractivity contribution in [2.24, 2.45) is 17.3 Å². The highest BCUT2D eigenvalue weighted by Crippen LogP contribution is 2.43. The number of fused-ring (bicyclic) bond motifs is 2. The quantitative estimate of drug-likeness (QED) is 0.503. The Bertz CT molecular complexity index is 237. The molecule has 2 atom stereocenters. The van der Waals surface area contributed by atoms with Crippen LogP contribution >= 0.6 is 0 Å². The molecule has 66 valence electrons. The van der Waals surface area contributed by atoms with E-state index in [0.717, 1.165) is 19.3 Å². The molecule has 1 fully saturated rings. The normalized spacial score (nSPS) is 38.3. The van der Waals surface area contributed by atoms with E-state index >= 15 is 0 Å². The lowest BCUT2D eigenvalue weighted by Gasteiger charge is -2.39. The van der Waals surface area contributed by atoms with Crippen LogP contribution < -0.4 is 0 Å². The molecular weight excluding hydrogens is 148 g/mol. The molecule has 2 rings (SSSR count). The van der Waals surface area contributed by atoms with Crippen LogP contribution in [0.25, 0.3) is 0 Å². The number of carbonyl (C=O) groups excluding carboxylic acids is 1. The van der Waals surface area contributed by atoms with Crippen LogP contribution in [0.15, 0.2) is 12.2 Å². The van der Waals surface area contributed by atoms with Crippen molar-refractivity contribution in [3.8, 4) is 0 Å². The van der Waals surface area contributed by atoms with Crippen LogP contribution in [0.1, 0.15) is 33.1 Å². The van der Waals surface area contributed by atoms with Gasteiger partial charge >= 0.3 is 0 Å². The number of rotatable bonds is 0. The van der Waals surface area contributed by atoms with Gasteiger partial charge in [0.1, 0.15) is 5.78 Å². The Morgan fingerprint density at radius 3 is 2.83 bits per heavy atom.